The molecule has 0 saturated carbocycles. The van der Waals surface area contributed by atoms with E-state index in [9.17, 15) is 28.2 Å². The summed E-state index contributed by atoms with van der Waals surface area (Å²) in [4.78, 5) is 33.5. The van der Waals surface area contributed by atoms with Crippen molar-refractivity contribution < 1.29 is 54.2 Å². The zero-order chi connectivity index (χ0) is 31.2. The molecule has 2 amide bonds. The second kappa shape index (κ2) is 11.7. The Morgan fingerprint density at radius 3 is 1.36 bits per heavy atom. The summed E-state index contributed by atoms with van der Waals surface area (Å²) < 4.78 is 62.4. The smallest absolute Gasteiger partial charge is 0.425 e. The van der Waals surface area contributed by atoms with Gasteiger partial charge in [0.15, 0.2) is 0 Å². The van der Waals surface area contributed by atoms with Crippen molar-refractivity contribution >= 4 is 65.6 Å². The summed E-state index contributed by atoms with van der Waals surface area (Å²) in [6.45, 7) is 0. The van der Waals surface area contributed by atoms with E-state index in [-0.39, 0.29) is 40.9 Å². The van der Waals surface area contributed by atoms with Crippen LogP contribution >= 0.6 is 0 Å². The van der Waals surface area contributed by atoms with E-state index in [0.29, 0.717) is 38.2 Å². The fourth-order valence-electron chi connectivity index (χ4n) is 4.75. The van der Waals surface area contributed by atoms with E-state index in [1.54, 1.807) is 60.7 Å². The molecule has 226 valence electrons. The molecular weight excluding hydrogens is 620 g/mol. The predicted octanol–water partition coefficient (Wildman–Crippen LogP) is 0.444. The zero-order valence-electron chi connectivity index (χ0n) is 21.5. The van der Waals surface area contributed by atoms with Gasteiger partial charge < -0.3 is 19.0 Å². The van der Waals surface area contributed by atoms with Crippen LogP contribution in [0.4, 0.5) is 0 Å². The molecule has 0 unspecified atom stereocenters. The van der Waals surface area contributed by atoms with Crippen LogP contribution in [-0.4, -0.2) is 53.9 Å². The van der Waals surface area contributed by atoms with E-state index >= 15 is 0 Å². The molecule has 0 bridgehead atoms. The maximum Gasteiger partial charge on any atom is 0.425 e. The third kappa shape index (κ3) is 5.89. The summed E-state index contributed by atoms with van der Waals surface area (Å²) in [5.41, 5.74) is 1.33. The van der Waals surface area contributed by atoms with Crippen molar-refractivity contribution in [3.63, 3.8) is 0 Å². The van der Waals surface area contributed by atoms with Gasteiger partial charge in [-0.05, 0) is 24.3 Å². The summed E-state index contributed by atoms with van der Waals surface area (Å²) in [6, 6.07) is 17.2. The summed E-state index contributed by atoms with van der Waals surface area (Å²) in [7, 11) is -6.78. The molecule has 0 atom stereocenters. The topological polar surface area (TPSA) is 231 Å². The van der Waals surface area contributed by atoms with Gasteiger partial charge in [-0.25, -0.2) is 9.98 Å². The van der Waals surface area contributed by atoms with E-state index in [1.807, 2.05) is 0 Å². The first-order valence-electron chi connectivity index (χ1n) is 11.8. The highest BCUT2D eigenvalue weighted by molar-refractivity contribution is 7.85. The molecule has 14 nitrogen and oxygen atoms in total. The van der Waals surface area contributed by atoms with Crippen molar-refractivity contribution in [2.24, 2.45) is 9.98 Å². The van der Waals surface area contributed by atoms with E-state index in [0.717, 1.165) is 0 Å². The van der Waals surface area contributed by atoms with Gasteiger partial charge in [0.05, 0.1) is 39.2 Å². The Morgan fingerprint density at radius 1 is 0.705 bits per heavy atom. The Morgan fingerprint density at radius 2 is 1.02 bits per heavy atom. The van der Waals surface area contributed by atoms with Crippen molar-refractivity contribution in [3.8, 4) is 11.9 Å². The number of para-hydroxylation sites is 2. The quantitative estimate of drug-likeness (QED) is 0.223. The number of carbonyl (C=O) groups is 2. The Balaban J connectivity index is 0.000000393. The second-order valence-corrected chi connectivity index (χ2v) is 10.8. The van der Waals surface area contributed by atoms with Crippen molar-refractivity contribution in [2.45, 2.75) is 7.43 Å². The van der Waals surface area contributed by atoms with Crippen LogP contribution in [0.25, 0.3) is 33.1 Å². The maximum absolute atomic E-state index is 12.7. The van der Waals surface area contributed by atoms with Crippen LogP contribution in [0, 0.1) is 0 Å². The van der Waals surface area contributed by atoms with Crippen LogP contribution in [0.1, 0.15) is 18.6 Å². The van der Waals surface area contributed by atoms with E-state index in [4.69, 9.17) is 26.0 Å². The van der Waals surface area contributed by atoms with Crippen LogP contribution in [0.15, 0.2) is 79.5 Å². The molecule has 0 saturated heterocycles. The number of rotatable bonds is 2. The van der Waals surface area contributed by atoms with Gasteiger partial charge in [0, 0.05) is 21.2 Å². The molecule has 0 radical (unpaired) electrons. The Kier molecular flexibility index (Phi) is 8.35. The first-order chi connectivity index (χ1) is 20.2. The first kappa shape index (κ1) is 31.5. The van der Waals surface area contributed by atoms with Gasteiger partial charge in [-0.15, -0.1) is 12.6 Å². The normalized spacial score (nSPS) is 13.1. The molecule has 2 aromatic heterocycles. The number of hydrogen-bond acceptors (Lipinski definition) is 11. The van der Waals surface area contributed by atoms with Crippen molar-refractivity contribution in [1.82, 2.24) is 0 Å². The minimum absolute atomic E-state index is 0. The van der Waals surface area contributed by atoms with Gasteiger partial charge in [-0.1, -0.05) is 43.8 Å². The minimum atomic E-state index is -3.67. The summed E-state index contributed by atoms with van der Waals surface area (Å²) in [5.74, 6) is -1.86. The molecule has 0 spiro atoms. The Hall–Kier alpha value is -5.45. The molecular formula is C28H20N2O12S2. The van der Waals surface area contributed by atoms with Crippen LogP contribution in [0.5, 0.6) is 11.9 Å². The number of nitrogens with zero attached hydrogens (tertiary/aromatic N) is 2. The molecule has 2 aliphatic rings. The Labute approximate surface area is 248 Å². The second-order valence-electron chi connectivity index (χ2n) is 8.96. The van der Waals surface area contributed by atoms with E-state index in [2.05, 4.69) is 9.98 Å². The molecule has 16 heteroatoms. The lowest BCUT2D eigenvalue weighted by atomic mass is 9.98. The van der Waals surface area contributed by atoms with E-state index < -0.39 is 44.4 Å². The highest BCUT2D eigenvalue weighted by Crippen LogP contribution is 2.42. The fraction of sp³-hybridized carbons (Fsp3) is 0.0714. The fourth-order valence-corrected chi connectivity index (χ4v) is 4.75. The van der Waals surface area contributed by atoms with Crippen molar-refractivity contribution in [3.05, 3.63) is 92.9 Å². The third-order valence-corrected chi connectivity index (χ3v) is 6.18. The van der Waals surface area contributed by atoms with Gasteiger partial charge in [-0.2, -0.15) is 8.42 Å². The lowest BCUT2D eigenvalue weighted by molar-refractivity contribution is -0.113. The van der Waals surface area contributed by atoms with Crippen LogP contribution in [-0.2, 0) is 30.3 Å². The molecule has 2 aliphatic heterocycles. The largest absolute Gasteiger partial charge is 0.480 e. The molecule has 4 heterocycles. The van der Waals surface area contributed by atoms with Gasteiger partial charge >= 0.3 is 10.6 Å². The SMILES string of the molecule is C.CS(=O)(=O)O.O=C1N=c2ccccc2=C1c1c(O)oc2cc3c(C4=c5ccccc5=NC4=O)c(O)oc3cc12.O=S(=O)=O. The number of aromatic hydroxyl groups is 2. The van der Waals surface area contributed by atoms with E-state index in [1.165, 1.54) is 0 Å². The number of hydrogen-bond donors (Lipinski definition) is 3. The summed E-state index contributed by atoms with van der Waals surface area (Å²) >= 11 is 0. The number of furan rings is 2. The molecule has 5 aromatic rings. The number of benzene rings is 3. The first-order valence-corrected chi connectivity index (χ1v) is 14.6. The zero-order valence-corrected chi connectivity index (χ0v) is 23.1. The lowest BCUT2D eigenvalue weighted by Crippen LogP contribution is -2.22. The molecule has 3 N–H and O–H groups in total. The third-order valence-electron chi connectivity index (χ3n) is 6.18. The van der Waals surface area contributed by atoms with Gasteiger partial charge in [-0.3, -0.25) is 14.1 Å². The van der Waals surface area contributed by atoms with Crippen molar-refractivity contribution in [2.75, 3.05) is 6.26 Å². The predicted molar refractivity (Wildman–Crippen MR) is 153 cm³/mol. The maximum atomic E-state index is 12.7. The van der Waals surface area contributed by atoms with Gasteiger partial charge in [0.1, 0.15) is 11.2 Å². The lowest BCUT2D eigenvalue weighted by Gasteiger charge is -2.00. The Bertz CT molecular complexity index is 2350. The highest BCUT2D eigenvalue weighted by Gasteiger charge is 2.30. The van der Waals surface area contributed by atoms with Crippen molar-refractivity contribution in [1.29, 1.82) is 0 Å². The average Bonchev–Trinajstić information content (AvgIpc) is 3.59. The minimum Gasteiger partial charge on any atom is -0.480 e. The van der Waals surface area contributed by atoms with Crippen LogP contribution < -0.4 is 21.2 Å². The molecule has 7 rings (SSSR count). The number of fused-ring (bicyclic) bond motifs is 4. The number of amides is 2. The molecule has 0 fully saturated rings. The van der Waals surface area contributed by atoms with Crippen LogP contribution in [0.3, 0.4) is 0 Å². The summed E-state index contributed by atoms with van der Waals surface area (Å²) in [5, 5.41) is 24.3. The average molecular weight is 641 g/mol. The van der Waals surface area contributed by atoms with Crippen LogP contribution in [0.2, 0.25) is 0 Å². The standard InChI is InChI=1S/C26H12N2O6.CH4O3S.CH4.O3S/c29-23-19(11-5-1-3-7-15(11)27-23)21-13-9-18-14(10-17(13)33-25(21)31)22(26(32)34-18)20-12-6-2-4-8-16(12)28-24(20)30;1-5(2,3)4;;1-4(2)3/h1-10,31-32H;1H3,(H,2,3,4);1H4;. The summed E-state index contributed by atoms with van der Waals surface area (Å²) in [6.07, 6.45) is 0.715. The van der Waals surface area contributed by atoms with Gasteiger partial charge in [0.25, 0.3) is 33.8 Å². The van der Waals surface area contributed by atoms with Gasteiger partial charge in [0.2, 0.25) is 0 Å². The number of carbonyl (C=O) groups excluding carboxylic acids is 2. The molecule has 44 heavy (non-hydrogen) atoms. The molecule has 0 aliphatic carbocycles. The molecule has 3 aromatic carbocycles. The highest BCUT2D eigenvalue weighted by atomic mass is 32.2. The monoisotopic (exact) mass is 640 g/mol.